The van der Waals surface area contributed by atoms with Crippen molar-refractivity contribution in [2.75, 3.05) is 0 Å². The summed E-state index contributed by atoms with van der Waals surface area (Å²) in [6.45, 7) is 0. The molecule has 0 atom stereocenters. The van der Waals surface area contributed by atoms with Crippen LogP contribution >= 0.6 is 22.7 Å². The van der Waals surface area contributed by atoms with Gasteiger partial charge < -0.3 is 17.0 Å². The van der Waals surface area contributed by atoms with Gasteiger partial charge in [0.2, 0.25) is 0 Å². The molecule has 3 aromatic rings. The quantitative estimate of drug-likeness (QED) is 0.498. The molecule has 0 aliphatic rings. The number of hydrogen-bond acceptors (Lipinski definition) is 3. The largest absolute Gasteiger partial charge is 2.00 e. The molecule has 18 heavy (non-hydrogen) atoms. The van der Waals surface area contributed by atoms with Gasteiger partial charge in [0, 0.05) is 0 Å². The Bertz CT molecular complexity index is 529. The standard InChI is InChI=1S/C13H8NS2.BrH.Mg/c1-4-10(12-6-2-8-15-12)14-11(5-1)13-7-3-9-16-13;;/h1-2,4-9H;1H;/q-1;;+2/p-1. The summed E-state index contributed by atoms with van der Waals surface area (Å²) in [6, 6.07) is 15.3. The zero-order chi connectivity index (χ0) is 10.8. The summed E-state index contributed by atoms with van der Waals surface area (Å²) in [5.41, 5.74) is 2.07. The molecule has 3 heterocycles. The van der Waals surface area contributed by atoms with E-state index in [1.54, 1.807) is 22.7 Å². The van der Waals surface area contributed by atoms with Gasteiger partial charge in [-0.05, 0) is 23.2 Å². The minimum absolute atomic E-state index is 0. The predicted molar refractivity (Wildman–Crippen MR) is 75.5 cm³/mol. The van der Waals surface area contributed by atoms with Gasteiger partial charge in [-0.2, -0.15) is 0 Å². The van der Waals surface area contributed by atoms with E-state index >= 15 is 0 Å². The summed E-state index contributed by atoms with van der Waals surface area (Å²) in [6.07, 6.45) is 0. The van der Waals surface area contributed by atoms with E-state index in [9.17, 15) is 0 Å². The molecule has 0 amide bonds. The van der Waals surface area contributed by atoms with Crippen molar-refractivity contribution in [2.24, 2.45) is 0 Å². The number of rotatable bonds is 2. The van der Waals surface area contributed by atoms with Crippen molar-refractivity contribution in [1.82, 2.24) is 4.98 Å². The molecule has 3 aromatic heterocycles. The van der Waals surface area contributed by atoms with Gasteiger partial charge in [0.05, 0.1) is 10.6 Å². The first-order valence-electron chi connectivity index (χ1n) is 4.89. The second-order valence-electron chi connectivity index (χ2n) is 3.30. The van der Waals surface area contributed by atoms with Crippen LogP contribution < -0.4 is 17.0 Å². The van der Waals surface area contributed by atoms with E-state index in [0.717, 1.165) is 11.4 Å². The molecule has 3 rings (SSSR count). The van der Waals surface area contributed by atoms with Gasteiger partial charge in [0.25, 0.3) is 0 Å². The Hall–Kier alpha value is -0.204. The fourth-order valence-electron chi connectivity index (χ4n) is 1.51. The van der Waals surface area contributed by atoms with Crippen molar-refractivity contribution < 1.29 is 17.0 Å². The van der Waals surface area contributed by atoms with Crippen LogP contribution in [0.25, 0.3) is 21.1 Å². The number of nitrogens with zero attached hydrogens (tertiary/aromatic N) is 1. The van der Waals surface area contributed by atoms with E-state index in [2.05, 4.69) is 28.6 Å². The van der Waals surface area contributed by atoms with Gasteiger partial charge in [0.1, 0.15) is 0 Å². The number of pyridine rings is 1. The maximum atomic E-state index is 4.66. The minimum Gasteiger partial charge on any atom is -1.00 e. The number of halogens is 1. The van der Waals surface area contributed by atoms with Crippen molar-refractivity contribution in [3.8, 4) is 21.1 Å². The maximum Gasteiger partial charge on any atom is 2.00 e. The van der Waals surface area contributed by atoms with Crippen molar-refractivity contribution in [1.29, 1.82) is 0 Å². The zero-order valence-electron chi connectivity index (χ0n) is 9.47. The molecule has 86 valence electrons. The summed E-state index contributed by atoms with van der Waals surface area (Å²) >= 11 is 3.38. The van der Waals surface area contributed by atoms with Gasteiger partial charge in [-0.15, -0.1) is 16.7 Å². The third-order valence-electron chi connectivity index (χ3n) is 2.24. The molecular formula is C13H8BrMgNS2. The van der Waals surface area contributed by atoms with Gasteiger partial charge in [-0.1, -0.05) is 23.1 Å². The Labute approximate surface area is 141 Å². The summed E-state index contributed by atoms with van der Waals surface area (Å²) in [5.74, 6) is 0. The zero-order valence-corrected chi connectivity index (χ0v) is 14.1. The van der Waals surface area contributed by atoms with Gasteiger partial charge >= 0.3 is 23.1 Å². The van der Waals surface area contributed by atoms with E-state index in [-0.39, 0.29) is 40.0 Å². The van der Waals surface area contributed by atoms with Crippen LogP contribution in [0.2, 0.25) is 0 Å². The molecule has 0 radical (unpaired) electrons. The topological polar surface area (TPSA) is 12.9 Å². The molecule has 5 heteroatoms. The molecular weight excluding hydrogens is 338 g/mol. The number of hydrogen-bond donors (Lipinski definition) is 0. The van der Waals surface area contributed by atoms with E-state index in [4.69, 9.17) is 0 Å². The van der Waals surface area contributed by atoms with E-state index in [0.29, 0.717) is 0 Å². The normalized spacial score (nSPS) is 9.33. The molecule has 0 aliphatic heterocycles. The third-order valence-corrected chi connectivity index (χ3v) is 3.97. The molecule has 0 N–H and O–H groups in total. The fraction of sp³-hybridized carbons (Fsp3) is 0. The number of thiophene rings is 2. The Kier molecular flexibility index (Phi) is 6.52. The molecule has 0 aromatic carbocycles. The maximum absolute atomic E-state index is 4.66. The molecule has 0 unspecified atom stereocenters. The summed E-state index contributed by atoms with van der Waals surface area (Å²) in [5, 5.41) is 4.03. The summed E-state index contributed by atoms with van der Waals surface area (Å²) < 4.78 is 0. The SMILES string of the molecule is [Br-].[Mg+2].[c-]1csc(-c2cccc(-c3cccs3)n2)c1. The monoisotopic (exact) mass is 345 g/mol. The molecule has 0 fully saturated rings. The summed E-state index contributed by atoms with van der Waals surface area (Å²) in [7, 11) is 0. The molecule has 0 saturated heterocycles. The van der Waals surface area contributed by atoms with Crippen LogP contribution in [-0.4, -0.2) is 28.0 Å². The van der Waals surface area contributed by atoms with E-state index < -0.39 is 0 Å². The molecule has 1 nitrogen and oxygen atoms in total. The first kappa shape index (κ1) is 15.9. The second-order valence-corrected chi connectivity index (χ2v) is 5.16. The number of aromatic nitrogens is 1. The molecule has 0 spiro atoms. The van der Waals surface area contributed by atoms with Gasteiger partial charge in [-0.3, -0.25) is 16.3 Å². The first-order chi connectivity index (χ1) is 7.93. The smallest absolute Gasteiger partial charge is 1.00 e. The van der Waals surface area contributed by atoms with Crippen molar-refractivity contribution in [3.63, 3.8) is 0 Å². The van der Waals surface area contributed by atoms with Crippen LogP contribution in [0.4, 0.5) is 0 Å². The molecule has 0 saturated carbocycles. The average Bonchev–Trinajstić information content (AvgIpc) is 3.03. The van der Waals surface area contributed by atoms with Crippen LogP contribution in [0, 0.1) is 6.07 Å². The van der Waals surface area contributed by atoms with Crippen molar-refractivity contribution >= 4 is 45.7 Å². The van der Waals surface area contributed by atoms with Crippen LogP contribution in [0.15, 0.2) is 47.2 Å². The molecule has 0 bridgehead atoms. The Morgan fingerprint density at radius 3 is 2.33 bits per heavy atom. The molecule has 0 aliphatic carbocycles. The Morgan fingerprint density at radius 2 is 1.72 bits per heavy atom. The van der Waals surface area contributed by atoms with Crippen LogP contribution in [0.5, 0.6) is 0 Å². The van der Waals surface area contributed by atoms with Gasteiger partial charge in [-0.25, -0.2) is 12.1 Å². The Morgan fingerprint density at radius 1 is 0.944 bits per heavy atom. The first-order valence-corrected chi connectivity index (χ1v) is 6.65. The van der Waals surface area contributed by atoms with Crippen LogP contribution in [0.1, 0.15) is 0 Å². The average molecular weight is 347 g/mol. The van der Waals surface area contributed by atoms with Gasteiger partial charge in [0.15, 0.2) is 0 Å². The van der Waals surface area contributed by atoms with E-state index in [1.807, 2.05) is 29.6 Å². The van der Waals surface area contributed by atoms with Crippen molar-refractivity contribution in [2.45, 2.75) is 0 Å². The van der Waals surface area contributed by atoms with Crippen LogP contribution in [0.3, 0.4) is 0 Å². The van der Waals surface area contributed by atoms with Crippen LogP contribution in [-0.2, 0) is 0 Å². The minimum atomic E-state index is 0. The summed E-state index contributed by atoms with van der Waals surface area (Å²) in [4.78, 5) is 7.03. The Balaban J connectivity index is 0.000000810. The predicted octanol–water partition coefficient (Wildman–Crippen LogP) is 0.962. The fourth-order valence-corrected chi connectivity index (χ4v) is 2.84. The second kappa shape index (κ2) is 7.40. The van der Waals surface area contributed by atoms with Crippen molar-refractivity contribution in [3.05, 3.63) is 53.2 Å². The third kappa shape index (κ3) is 3.42. The van der Waals surface area contributed by atoms with E-state index in [1.165, 1.54) is 9.75 Å².